The molecule has 162 valence electrons. The topological polar surface area (TPSA) is 98.7 Å². The Bertz CT molecular complexity index is 769. The molecule has 2 atom stereocenters. The van der Waals surface area contributed by atoms with Crippen LogP contribution in [-0.2, 0) is 21.7 Å². The molecule has 0 aliphatic carbocycles. The van der Waals surface area contributed by atoms with Crippen molar-refractivity contribution in [3.05, 3.63) is 71.8 Å². The van der Waals surface area contributed by atoms with Crippen molar-refractivity contribution in [2.75, 3.05) is 0 Å². The van der Waals surface area contributed by atoms with Crippen LogP contribution in [-0.4, -0.2) is 34.2 Å². The number of carbonyl (C=O) groups is 2. The van der Waals surface area contributed by atoms with E-state index >= 15 is 0 Å². The number of hydrogen-bond donors (Lipinski definition) is 4. The highest BCUT2D eigenvalue weighted by Gasteiger charge is 2.35. The summed E-state index contributed by atoms with van der Waals surface area (Å²) in [4.78, 5) is 22.1. The number of hydrogen-bond acceptors (Lipinski definition) is 4. The van der Waals surface area contributed by atoms with Gasteiger partial charge in [-0.15, -0.1) is 0 Å². The largest absolute Gasteiger partial charge is 0.481 e. The van der Waals surface area contributed by atoms with Gasteiger partial charge in [-0.3, -0.25) is 20.2 Å². The highest BCUT2D eigenvalue weighted by molar-refractivity contribution is 5.67. The first kappa shape index (κ1) is 23.6. The average Bonchev–Trinajstić information content (AvgIpc) is 2.72. The van der Waals surface area contributed by atoms with E-state index < -0.39 is 17.6 Å². The summed E-state index contributed by atoms with van der Waals surface area (Å²) in [5, 5.41) is 25.5. The maximum Gasteiger partial charge on any atom is 0.303 e. The third-order valence-corrected chi connectivity index (χ3v) is 5.15. The molecule has 30 heavy (non-hydrogen) atoms. The predicted octanol–water partition coefficient (Wildman–Crippen LogP) is 3.77. The minimum absolute atomic E-state index is 0.0656. The summed E-state index contributed by atoms with van der Waals surface area (Å²) in [7, 11) is 0. The molecule has 2 unspecified atom stereocenters. The van der Waals surface area contributed by atoms with E-state index in [1.807, 2.05) is 62.4 Å². The Morgan fingerprint density at radius 3 is 1.67 bits per heavy atom. The summed E-state index contributed by atoms with van der Waals surface area (Å²) in [6.07, 6.45) is 1.78. The molecule has 4 N–H and O–H groups in total. The van der Waals surface area contributed by atoms with Crippen LogP contribution in [0.4, 0.5) is 0 Å². The van der Waals surface area contributed by atoms with E-state index in [0.717, 1.165) is 11.1 Å². The standard InChI is InChI=1S/C24H32N2O4/c1-18(13-15-22(27)28)25-24(21-11-7-4-8-12-21,17-20-9-5-3-6-10-20)26-19(2)14-16-23(29)30/h3-12,18-19,25-26H,13-17H2,1-2H3,(H,27,28)(H,29,30). The minimum atomic E-state index is -0.820. The van der Waals surface area contributed by atoms with E-state index in [1.165, 1.54) is 0 Å². The fourth-order valence-electron chi connectivity index (χ4n) is 3.70. The van der Waals surface area contributed by atoms with Crippen molar-refractivity contribution in [2.45, 2.75) is 63.7 Å². The van der Waals surface area contributed by atoms with E-state index in [1.54, 1.807) is 0 Å². The minimum Gasteiger partial charge on any atom is -0.481 e. The van der Waals surface area contributed by atoms with Gasteiger partial charge in [-0.2, -0.15) is 0 Å². The fraction of sp³-hybridized carbons (Fsp3) is 0.417. The monoisotopic (exact) mass is 412 g/mol. The van der Waals surface area contributed by atoms with Gasteiger partial charge in [0.05, 0.1) is 5.66 Å². The van der Waals surface area contributed by atoms with Crippen molar-refractivity contribution in [1.29, 1.82) is 0 Å². The van der Waals surface area contributed by atoms with Gasteiger partial charge in [-0.25, -0.2) is 0 Å². The summed E-state index contributed by atoms with van der Waals surface area (Å²) in [6.45, 7) is 3.96. The molecule has 0 heterocycles. The molecule has 0 saturated carbocycles. The predicted molar refractivity (Wildman–Crippen MR) is 117 cm³/mol. The molecule has 0 bridgehead atoms. The van der Waals surface area contributed by atoms with Gasteiger partial charge in [0.15, 0.2) is 0 Å². The maximum absolute atomic E-state index is 11.1. The molecule has 0 radical (unpaired) electrons. The van der Waals surface area contributed by atoms with Gasteiger partial charge in [-0.1, -0.05) is 60.7 Å². The first-order valence-electron chi connectivity index (χ1n) is 10.4. The van der Waals surface area contributed by atoms with E-state index in [0.29, 0.717) is 19.3 Å². The second kappa shape index (κ2) is 11.5. The van der Waals surface area contributed by atoms with E-state index in [-0.39, 0.29) is 24.9 Å². The molecule has 0 aliphatic heterocycles. The van der Waals surface area contributed by atoms with Crippen LogP contribution in [0.25, 0.3) is 0 Å². The van der Waals surface area contributed by atoms with Gasteiger partial charge in [0.2, 0.25) is 0 Å². The first-order chi connectivity index (χ1) is 14.3. The summed E-state index contributed by atoms with van der Waals surface area (Å²) in [5.41, 5.74) is 1.48. The quantitative estimate of drug-likeness (QED) is 0.374. The van der Waals surface area contributed by atoms with Crippen LogP contribution in [0.1, 0.15) is 50.7 Å². The Labute approximate surface area is 178 Å². The molecule has 2 aromatic rings. The molecule has 0 aliphatic rings. The van der Waals surface area contributed by atoms with Gasteiger partial charge < -0.3 is 10.2 Å². The molecule has 0 aromatic heterocycles. The Kier molecular flexibility index (Phi) is 9.02. The molecule has 0 fully saturated rings. The molecule has 6 heteroatoms. The van der Waals surface area contributed by atoms with Crippen LogP contribution in [0.15, 0.2) is 60.7 Å². The van der Waals surface area contributed by atoms with Crippen molar-refractivity contribution in [3.63, 3.8) is 0 Å². The maximum atomic E-state index is 11.1. The average molecular weight is 413 g/mol. The lowest BCUT2D eigenvalue weighted by molar-refractivity contribution is -0.138. The summed E-state index contributed by atoms with van der Waals surface area (Å²) in [6, 6.07) is 19.9. The third kappa shape index (κ3) is 7.61. The highest BCUT2D eigenvalue weighted by atomic mass is 16.4. The van der Waals surface area contributed by atoms with Crippen LogP contribution >= 0.6 is 0 Å². The van der Waals surface area contributed by atoms with E-state index in [9.17, 15) is 9.59 Å². The molecular weight excluding hydrogens is 380 g/mol. The fourth-order valence-corrected chi connectivity index (χ4v) is 3.70. The number of rotatable bonds is 13. The summed E-state index contributed by atoms with van der Waals surface area (Å²) in [5.74, 6) is -1.64. The number of nitrogens with one attached hydrogen (secondary N) is 2. The number of carboxylic acids is 2. The Morgan fingerprint density at radius 2 is 1.23 bits per heavy atom. The van der Waals surface area contributed by atoms with Crippen LogP contribution in [0, 0.1) is 0 Å². The van der Waals surface area contributed by atoms with Crippen LogP contribution in [0.2, 0.25) is 0 Å². The van der Waals surface area contributed by atoms with Crippen molar-refractivity contribution in [2.24, 2.45) is 0 Å². The zero-order valence-corrected chi connectivity index (χ0v) is 17.7. The molecule has 0 spiro atoms. The molecule has 0 saturated heterocycles. The van der Waals surface area contributed by atoms with Crippen LogP contribution in [0.5, 0.6) is 0 Å². The normalized spacial score (nSPS) is 15.1. The second-order valence-corrected chi connectivity index (χ2v) is 7.89. The van der Waals surface area contributed by atoms with Crippen LogP contribution < -0.4 is 10.6 Å². The molecule has 2 aromatic carbocycles. The summed E-state index contributed by atoms with van der Waals surface area (Å²) >= 11 is 0. The number of benzene rings is 2. The molecular formula is C24H32N2O4. The SMILES string of the molecule is CC(CCC(=O)O)NC(Cc1ccccc1)(NC(C)CCC(=O)O)c1ccccc1. The van der Waals surface area contributed by atoms with Crippen molar-refractivity contribution >= 4 is 11.9 Å². The Hall–Kier alpha value is -2.70. The van der Waals surface area contributed by atoms with Crippen molar-refractivity contribution < 1.29 is 19.8 Å². The molecule has 6 nitrogen and oxygen atoms in total. The first-order valence-corrected chi connectivity index (χ1v) is 10.4. The molecule has 2 rings (SSSR count). The highest BCUT2D eigenvalue weighted by Crippen LogP contribution is 2.26. The third-order valence-electron chi connectivity index (χ3n) is 5.15. The van der Waals surface area contributed by atoms with Gasteiger partial charge in [-0.05, 0) is 37.8 Å². The lowest BCUT2D eigenvalue weighted by atomic mass is 9.89. The van der Waals surface area contributed by atoms with Crippen LogP contribution in [0.3, 0.4) is 0 Å². The van der Waals surface area contributed by atoms with Gasteiger partial charge >= 0.3 is 11.9 Å². The smallest absolute Gasteiger partial charge is 0.303 e. The number of carboxylic acid groups (broad SMARTS) is 2. The van der Waals surface area contributed by atoms with Crippen molar-refractivity contribution in [3.8, 4) is 0 Å². The van der Waals surface area contributed by atoms with E-state index in [2.05, 4.69) is 22.8 Å². The van der Waals surface area contributed by atoms with Gasteiger partial charge in [0.25, 0.3) is 0 Å². The lowest BCUT2D eigenvalue weighted by Gasteiger charge is -2.41. The van der Waals surface area contributed by atoms with Gasteiger partial charge in [0, 0.05) is 31.3 Å². The summed E-state index contributed by atoms with van der Waals surface area (Å²) < 4.78 is 0. The lowest BCUT2D eigenvalue weighted by Crippen LogP contribution is -2.60. The van der Waals surface area contributed by atoms with Crippen molar-refractivity contribution in [1.82, 2.24) is 10.6 Å². The Morgan fingerprint density at radius 1 is 0.800 bits per heavy atom. The van der Waals surface area contributed by atoms with Gasteiger partial charge in [0.1, 0.15) is 0 Å². The zero-order chi connectivity index (χ0) is 22.0. The number of aliphatic carboxylic acids is 2. The van der Waals surface area contributed by atoms with E-state index in [4.69, 9.17) is 10.2 Å². The Balaban J connectivity index is 2.38. The second-order valence-electron chi connectivity index (χ2n) is 7.89. The zero-order valence-electron chi connectivity index (χ0n) is 17.7. The molecule has 0 amide bonds.